The van der Waals surface area contributed by atoms with Crippen LogP contribution >= 0.6 is 23.8 Å². The number of nitrogens with zero attached hydrogens (tertiary/aromatic N) is 2. The number of halogens is 1. The first-order chi connectivity index (χ1) is 14.6. The maximum absolute atomic E-state index is 6.41. The number of rotatable bonds is 5. The van der Waals surface area contributed by atoms with Crippen LogP contribution in [0.15, 0.2) is 73.1 Å². The Kier molecular flexibility index (Phi) is 6.21. The molecule has 0 aliphatic heterocycles. The third kappa shape index (κ3) is 4.58. The molecule has 3 aromatic carbocycles. The van der Waals surface area contributed by atoms with Crippen molar-refractivity contribution in [2.24, 2.45) is 0 Å². The zero-order valence-electron chi connectivity index (χ0n) is 16.5. The molecule has 0 spiro atoms. The molecular weight excluding hydrogens is 412 g/mol. The van der Waals surface area contributed by atoms with E-state index >= 15 is 0 Å². The lowest BCUT2D eigenvalue weighted by molar-refractivity contribution is 0.922. The van der Waals surface area contributed by atoms with Gasteiger partial charge in [-0.15, -0.1) is 0 Å². The second-order valence-corrected chi connectivity index (χ2v) is 7.78. The van der Waals surface area contributed by atoms with E-state index in [0.29, 0.717) is 10.1 Å². The van der Waals surface area contributed by atoms with Crippen molar-refractivity contribution in [2.75, 3.05) is 10.6 Å². The van der Waals surface area contributed by atoms with Crippen LogP contribution in [-0.2, 0) is 6.42 Å². The summed E-state index contributed by atoms with van der Waals surface area (Å²) in [5.74, 6) is 0. The van der Waals surface area contributed by atoms with Gasteiger partial charge < -0.3 is 10.6 Å². The summed E-state index contributed by atoms with van der Waals surface area (Å²) in [7, 11) is 0. The van der Waals surface area contributed by atoms with E-state index in [9.17, 15) is 0 Å². The molecule has 4 aromatic rings. The summed E-state index contributed by atoms with van der Waals surface area (Å²) >= 11 is 11.9. The fourth-order valence-corrected chi connectivity index (χ4v) is 3.85. The Morgan fingerprint density at radius 3 is 2.67 bits per heavy atom. The highest BCUT2D eigenvalue weighted by atomic mass is 35.5. The summed E-state index contributed by atoms with van der Waals surface area (Å²) in [5, 5.41) is 8.56. The molecule has 0 aliphatic rings. The topological polar surface area (TPSA) is 49.8 Å². The summed E-state index contributed by atoms with van der Waals surface area (Å²) in [6.45, 7) is 2.15. The zero-order chi connectivity index (χ0) is 20.9. The SMILES string of the molecule is CCCc1ccc(NC(=S)Nc2cccc(-c3ncnc4ccccc34)c2)c(Cl)c1. The number of anilines is 2. The van der Waals surface area contributed by atoms with Crippen LogP contribution in [0.25, 0.3) is 22.2 Å². The van der Waals surface area contributed by atoms with Crippen molar-refractivity contribution in [3.8, 4) is 11.3 Å². The first-order valence-corrected chi connectivity index (χ1v) is 10.6. The van der Waals surface area contributed by atoms with Gasteiger partial charge in [0.05, 0.1) is 21.9 Å². The third-order valence-corrected chi connectivity index (χ3v) is 5.27. The van der Waals surface area contributed by atoms with Crippen molar-refractivity contribution in [2.45, 2.75) is 19.8 Å². The van der Waals surface area contributed by atoms with Crippen LogP contribution in [0.5, 0.6) is 0 Å². The molecule has 0 aliphatic carbocycles. The number of para-hydroxylation sites is 1. The largest absolute Gasteiger partial charge is 0.332 e. The van der Waals surface area contributed by atoms with Crippen LogP contribution in [0.4, 0.5) is 11.4 Å². The van der Waals surface area contributed by atoms with Crippen molar-refractivity contribution in [1.29, 1.82) is 0 Å². The Bertz CT molecular complexity index is 1200. The Morgan fingerprint density at radius 1 is 0.967 bits per heavy atom. The molecule has 0 bridgehead atoms. The molecule has 4 rings (SSSR count). The second-order valence-electron chi connectivity index (χ2n) is 6.96. The smallest absolute Gasteiger partial charge is 0.175 e. The van der Waals surface area contributed by atoms with Crippen LogP contribution in [-0.4, -0.2) is 15.1 Å². The van der Waals surface area contributed by atoms with Crippen LogP contribution in [0.1, 0.15) is 18.9 Å². The number of nitrogens with one attached hydrogen (secondary N) is 2. The molecular formula is C24H21ClN4S. The van der Waals surface area contributed by atoms with Crippen molar-refractivity contribution < 1.29 is 0 Å². The van der Waals surface area contributed by atoms with Crippen molar-refractivity contribution >= 4 is 51.2 Å². The van der Waals surface area contributed by atoms with E-state index in [1.165, 1.54) is 5.56 Å². The number of thiocarbonyl (C=S) groups is 1. The number of hydrogen-bond donors (Lipinski definition) is 2. The summed E-state index contributed by atoms with van der Waals surface area (Å²) in [5.41, 5.74) is 5.66. The second kappa shape index (κ2) is 9.20. The van der Waals surface area contributed by atoms with E-state index in [1.54, 1.807) is 6.33 Å². The highest BCUT2D eigenvalue weighted by Gasteiger charge is 2.08. The first-order valence-electron chi connectivity index (χ1n) is 9.80. The van der Waals surface area contributed by atoms with Gasteiger partial charge in [-0.3, -0.25) is 0 Å². The van der Waals surface area contributed by atoms with Crippen LogP contribution < -0.4 is 10.6 Å². The normalized spacial score (nSPS) is 10.7. The number of benzene rings is 3. The molecule has 0 fully saturated rings. The molecule has 0 radical (unpaired) electrons. The summed E-state index contributed by atoms with van der Waals surface area (Å²) in [6.07, 6.45) is 3.68. The fourth-order valence-electron chi connectivity index (χ4n) is 3.37. The average Bonchev–Trinajstić information content (AvgIpc) is 2.75. The molecule has 2 N–H and O–H groups in total. The van der Waals surface area contributed by atoms with Gasteiger partial charge in [0.15, 0.2) is 5.11 Å². The highest BCUT2D eigenvalue weighted by molar-refractivity contribution is 7.80. The summed E-state index contributed by atoms with van der Waals surface area (Å²) < 4.78 is 0. The van der Waals surface area contributed by atoms with Crippen LogP contribution in [0, 0.1) is 0 Å². The van der Waals surface area contributed by atoms with Gasteiger partial charge in [0, 0.05) is 16.6 Å². The summed E-state index contributed by atoms with van der Waals surface area (Å²) in [4.78, 5) is 8.84. The molecule has 30 heavy (non-hydrogen) atoms. The van der Waals surface area contributed by atoms with Crippen molar-refractivity contribution in [1.82, 2.24) is 9.97 Å². The lowest BCUT2D eigenvalue weighted by Gasteiger charge is -2.13. The lowest BCUT2D eigenvalue weighted by Crippen LogP contribution is -2.19. The molecule has 0 saturated carbocycles. The van der Waals surface area contributed by atoms with Crippen molar-refractivity contribution in [3.05, 3.63) is 83.6 Å². The first kappa shape index (κ1) is 20.3. The number of fused-ring (bicyclic) bond motifs is 1. The minimum absolute atomic E-state index is 0.477. The Labute approximate surface area is 186 Å². The van der Waals surface area contributed by atoms with Gasteiger partial charge in [-0.2, -0.15) is 0 Å². The highest BCUT2D eigenvalue weighted by Crippen LogP contribution is 2.28. The summed E-state index contributed by atoms with van der Waals surface area (Å²) in [6, 6.07) is 22.0. The van der Waals surface area contributed by atoms with Gasteiger partial charge >= 0.3 is 0 Å². The van der Waals surface area contributed by atoms with E-state index in [-0.39, 0.29) is 0 Å². The molecule has 6 heteroatoms. The van der Waals surface area contributed by atoms with E-state index in [2.05, 4.69) is 33.6 Å². The molecule has 1 aromatic heterocycles. The molecule has 1 heterocycles. The molecule has 150 valence electrons. The standard InChI is InChI=1S/C24H21ClN4S/c1-2-6-16-11-12-22(20(25)13-16)29-24(30)28-18-8-5-7-17(14-18)23-19-9-3-4-10-21(19)26-15-27-23/h3-5,7-15H,2,6H2,1H3,(H2,28,29,30). The molecule has 0 atom stereocenters. The minimum atomic E-state index is 0.477. The molecule has 0 amide bonds. The number of aryl methyl sites for hydroxylation is 1. The van der Waals surface area contributed by atoms with Gasteiger partial charge in [0.25, 0.3) is 0 Å². The zero-order valence-corrected chi connectivity index (χ0v) is 18.1. The lowest BCUT2D eigenvalue weighted by atomic mass is 10.1. The van der Waals surface area contributed by atoms with Crippen LogP contribution in [0.2, 0.25) is 5.02 Å². The van der Waals surface area contributed by atoms with Gasteiger partial charge in [0.1, 0.15) is 6.33 Å². The van der Waals surface area contributed by atoms with Gasteiger partial charge in [-0.1, -0.05) is 61.3 Å². The predicted octanol–water partition coefficient (Wildman–Crippen LogP) is 6.71. The Balaban J connectivity index is 1.53. The molecule has 0 unspecified atom stereocenters. The average molecular weight is 433 g/mol. The van der Waals surface area contributed by atoms with Crippen molar-refractivity contribution in [3.63, 3.8) is 0 Å². The number of aromatic nitrogens is 2. The minimum Gasteiger partial charge on any atom is -0.332 e. The Hall–Kier alpha value is -3.02. The van der Waals surface area contributed by atoms with Crippen LogP contribution in [0.3, 0.4) is 0 Å². The quantitative estimate of drug-likeness (QED) is 0.343. The molecule has 4 nitrogen and oxygen atoms in total. The van der Waals surface area contributed by atoms with Gasteiger partial charge in [-0.25, -0.2) is 9.97 Å². The molecule has 0 saturated heterocycles. The van der Waals surface area contributed by atoms with E-state index in [0.717, 1.165) is 46.4 Å². The Morgan fingerprint density at radius 2 is 1.83 bits per heavy atom. The van der Waals surface area contributed by atoms with Gasteiger partial charge in [-0.05, 0) is 54.5 Å². The number of hydrogen-bond acceptors (Lipinski definition) is 3. The maximum atomic E-state index is 6.41. The van der Waals surface area contributed by atoms with E-state index < -0.39 is 0 Å². The van der Waals surface area contributed by atoms with Gasteiger partial charge in [0.2, 0.25) is 0 Å². The van der Waals surface area contributed by atoms with E-state index in [4.69, 9.17) is 23.8 Å². The fraction of sp³-hybridized carbons (Fsp3) is 0.125. The third-order valence-electron chi connectivity index (χ3n) is 4.76. The predicted molar refractivity (Wildman–Crippen MR) is 130 cm³/mol. The van der Waals surface area contributed by atoms with E-state index in [1.807, 2.05) is 60.7 Å². The maximum Gasteiger partial charge on any atom is 0.175 e. The monoisotopic (exact) mass is 432 g/mol.